The first-order valence-corrected chi connectivity index (χ1v) is 9.31. The van der Waals surface area contributed by atoms with Gasteiger partial charge in [-0.15, -0.1) is 11.3 Å². The van der Waals surface area contributed by atoms with Crippen LogP contribution in [-0.4, -0.2) is 41.0 Å². The van der Waals surface area contributed by atoms with E-state index in [1.807, 2.05) is 24.3 Å². The number of nitrogen functional groups attached to an aromatic ring is 1. The van der Waals surface area contributed by atoms with Crippen molar-refractivity contribution in [2.45, 2.75) is 31.8 Å². The molecule has 3 aliphatic heterocycles. The van der Waals surface area contributed by atoms with Crippen molar-refractivity contribution in [3.63, 3.8) is 0 Å². The van der Waals surface area contributed by atoms with Crippen LogP contribution in [0.3, 0.4) is 0 Å². The normalized spacial score (nSPS) is 28.7. The minimum absolute atomic E-state index is 0.0636. The van der Waals surface area contributed by atoms with Gasteiger partial charge in [0.1, 0.15) is 0 Å². The van der Waals surface area contributed by atoms with Crippen molar-refractivity contribution in [3.8, 4) is 10.4 Å². The third kappa shape index (κ3) is 2.70. The predicted molar refractivity (Wildman–Crippen MR) is 97.0 cm³/mol. The zero-order valence-electron chi connectivity index (χ0n) is 13.7. The van der Waals surface area contributed by atoms with Crippen molar-refractivity contribution in [1.29, 1.82) is 0 Å². The van der Waals surface area contributed by atoms with Crippen molar-refractivity contribution in [2.75, 3.05) is 18.8 Å². The number of carbonyl (C=O) groups excluding carboxylic acids is 1. The Bertz CT molecular complexity index is 749. The zero-order valence-corrected chi connectivity index (χ0v) is 14.6. The number of fused-ring (bicyclic) bond motifs is 3. The number of aromatic nitrogens is 1. The van der Waals surface area contributed by atoms with Crippen molar-refractivity contribution in [1.82, 2.24) is 15.2 Å². The van der Waals surface area contributed by atoms with Gasteiger partial charge in [0.15, 0.2) is 5.01 Å². The number of piperidine rings is 3. The molecule has 0 radical (unpaired) electrons. The molecule has 0 spiro atoms. The molecule has 1 aromatic heterocycles. The molecule has 2 aromatic rings. The predicted octanol–water partition coefficient (Wildman–Crippen LogP) is 2.60. The lowest BCUT2D eigenvalue weighted by molar-refractivity contribution is 0.0217. The second-order valence-corrected chi connectivity index (χ2v) is 7.76. The minimum Gasteiger partial charge on any atom is -0.398 e. The second-order valence-electron chi connectivity index (χ2n) is 6.73. The van der Waals surface area contributed by atoms with E-state index in [1.165, 1.54) is 24.2 Å². The van der Waals surface area contributed by atoms with E-state index in [0.29, 0.717) is 22.7 Å². The summed E-state index contributed by atoms with van der Waals surface area (Å²) >= 11 is 1.40. The van der Waals surface area contributed by atoms with Gasteiger partial charge in [0.2, 0.25) is 0 Å². The average Bonchev–Trinajstić information content (AvgIpc) is 3.09. The quantitative estimate of drug-likeness (QED) is 0.841. The summed E-state index contributed by atoms with van der Waals surface area (Å²) in [6, 6.07) is 8.31. The molecule has 5 rings (SSSR count). The number of nitrogens with one attached hydrogen (secondary N) is 1. The summed E-state index contributed by atoms with van der Waals surface area (Å²) in [6.45, 7) is 4.54. The molecule has 0 saturated carbocycles. The fourth-order valence-corrected chi connectivity index (χ4v) is 4.85. The van der Waals surface area contributed by atoms with Gasteiger partial charge in [-0.1, -0.05) is 18.2 Å². The number of nitrogens with zero attached hydrogens (tertiary/aromatic N) is 2. The number of amides is 1. The van der Waals surface area contributed by atoms with Crippen LogP contribution in [0.25, 0.3) is 10.4 Å². The topological polar surface area (TPSA) is 71.2 Å². The first kappa shape index (κ1) is 15.6. The summed E-state index contributed by atoms with van der Waals surface area (Å²) in [5.74, 6) is 0.532. The van der Waals surface area contributed by atoms with Crippen LogP contribution in [-0.2, 0) is 0 Å². The molecule has 2 bridgehead atoms. The number of para-hydroxylation sites is 1. The Kier molecular flexibility index (Phi) is 4.02. The summed E-state index contributed by atoms with van der Waals surface area (Å²) < 4.78 is 0. The van der Waals surface area contributed by atoms with E-state index < -0.39 is 0 Å². The molecule has 3 saturated heterocycles. The average molecular weight is 342 g/mol. The largest absolute Gasteiger partial charge is 0.398 e. The molecule has 6 heteroatoms. The van der Waals surface area contributed by atoms with Crippen LogP contribution in [0.5, 0.6) is 0 Å². The van der Waals surface area contributed by atoms with Crippen LogP contribution in [0.15, 0.2) is 30.5 Å². The fourth-order valence-electron chi connectivity index (χ4n) is 3.98. The molecule has 24 heavy (non-hydrogen) atoms. The maximum absolute atomic E-state index is 12.7. The van der Waals surface area contributed by atoms with E-state index in [-0.39, 0.29) is 11.9 Å². The lowest BCUT2D eigenvalue weighted by Crippen LogP contribution is -2.62. The molecule has 1 aromatic carbocycles. The molecule has 3 aliphatic rings. The Morgan fingerprint density at radius 3 is 2.79 bits per heavy atom. The number of thiazole rings is 1. The van der Waals surface area contributed by atoms with Crippen LogP contribution >= 0.6 is 11.3 Å². The fraction of sp³-hybridized carbons (Fsp3) is 0.444. The Morgan fingerprint density at radius 1 is 1.33 bits per heavy atom. The molecule has 126 valence electrons. The SMILES string of the molecule is C[C@@H]1[C@H](NC(=O)c2ncc(-c3ccccc3N)s2)C2CCN1CC2. The monoisotopic (exact) mass is 342 g/mol. The van der Waals surface area contributed by atoms with E-state index in [1.54, 1.807) is 6.20 Å². The number of nitrogens with two attached hydrogens (primary N) is 1. The standard InChI is InChI=1S/C18H22N4OS/c1-11-16(12-6-8-22(11)9-7-12)21-17(23)18-20-10-15(24-18)13-4-2-3-5-14(13)19/h2-5,10-12,16H,6-9,19H2,1H3,(H,21,23)/t11-,16+/m1/s1. The molecule has 1 amide bonds. The van der Waals surface area contributed by atoms with Crippen LogP contribution in [0.4, 0.5) is 5.69 Å². The number of rotatable bonds is 3. The van der Waals surface area contributed by atoms with Crippen molar-refractivity contribution in [3.05, 3.63) is 35.5 Å². The highest BCUT2D eigenvalue weighted by Crippen LogP contribution is 2.33. The van der Waals surface area contributed by atoms with E-state index in [0.717, 1.165) is 23.5 Å². The van der Waals surface area contributed by atoms with Gasteiger partial charge in [0.05, 0.1) is 4.88 Å². The van der Waals surface area contributed by atoms with Gasteiger partial charge in [-0.2, -0.15) is 0 Å². The first-order chi connectivity index (χ1) is 11.6. The van der Waals surface area contributed by atoms with Crippen molar-refractivity contribution in [2.24, 2.45) is 5.92 Å². The Hall–Kier alpha value is -1.92. The molecule has 2 atom stereocenters. The summed E-state index contributed by atoms with van der Waals surface area (Å²) in [5.41, 5.74) is 7.66. The number of benzene rings is 1. The van der Waals surface area contributed by atoms with Gasteiger partial charge in [-0.3, -0.25) is 9.69 Å². The number of carbonyl (C=O) groups is 1. The third-order valence-electron chi connectivity index (χ3n) is 5.40. The van der Waals surface area contributed by atoms with E-state index >= 15 is 0 Å². The molecule has 3 N–H and O–H groups in total. The summed E-state index contributed by atoms with van der Waals surface area (Å²) in [6.07, 6.45) is 4.10. The van der Waals surface area contributed by atoms with Gasteiger partial charge >= 0.3 is 0 Å². The highest BCUT2D eigenvalue weighted by molar-refractivity contribution is 7.17. The highest BCUT2D eigenvalue weighted by atomic mass is 32.1. The Morgan fingerprint density at radius 2 is 2.08 bits per heavy atom. The molecule has 5 nitrogen and oxygen atoms in total. The number of hydrogen-bond donors (Lipinski definition) is 2. The summed E-state index contributed by atoms with van der Waals surface area (Å²) in [7, 11) is 0. The minimum atomic E-state index is -0.0636. The van der Waals surface area contributed by atoms with Gasteiger partial charge in [0.25, 0.3) is 5.91 Å². The lowest BCUT2D eigenvalue weighted by atomic mass is 9.79. The van der Waals surface area contributed by atoms with Crippen LogP contribution in [0.2, 0.25) is 0 Å². The Labute approximate surface area is 145 Å². The van der Waals surface area contributed by atoms with Crippen molar-refractivity contribution >= 4 is 22.9 Å². The maximum Gasteiger partial charge on any atom is 0.280 e. The molecular formula is C18H22N4OS. The van der Waals surface area contributed by atoms with E-state index in [9.17, 15) is 4.79 Å². The second kappa shape index (κ2) is 6.18. The first-order valence-electron chi connectivity index (χ1n) is 8.49. The van der Waals surface area contributed by atoms with Crippen LogP contribution in [0.1, 0.15) is 29.6 Å². The molecular weight excluding hydrogens is 320 g/mol. The number of anilines is 1. The smallest absolute Gasteiger partial charge is 0.280 e. The number of hydrogen-bond acceptors (Lipinski definition) is 5. The van der Waals surface area contributed by atoms with Crippen molar-refractivity contribution < 1.29 is 4.79 Å². The van der Waals surface area contributed by atoms with Gasteiger partial charge < -0.3 is 11.1 Å². The van der Waals surface area contributed by atoms with Gasteiger partial charge in [0, 0.05) is 29.5 Å². The molecule has 0 aliphatic carbocycles. The molecule has 0 unspecified atom stereocenters. The highest BCUT2D eigenvalue weighted by Gasteiger charge is 2.40. The van der Waals surface area contributed by atoms with Crippen LogP contribution in [0, 0.1) is 5.92 Å². The van der Waals surface area contributed by atoms with Gasteiger partial charge in [-0.25, -0.2) is 4.98 Å². The zero-order chi connectivity index (χ0) is 16.7. The van der Waals surface area contributed by atoms with Gasteiger partial charge in [-0.05, 0) is 44.8 Å². The van der Waals surface area contributed by atoms with E-state index in [2.05, 4.69) is 22.1 Å². The third-order valence-corrected chi connectivity index (χ3v) is 6.43. The maximum atomic E-state index is 12.7. The Balaban J connectivity index is 1.51. The molecule has 3 fully saturated rings. The lowest BCUT2D eigenvalue weighted by Gasteiger charge is -2.49. The van der Waals surface area contributed by atoms with Crippen LogP contribution < -0.4 is 11.1 Å². The molecule has 4 heterocycles. The summed E-state index contributed by atoms with van der Waals surface area (Å²) in [4.78, 5) is 20.4. The van der Waals surface area contributed by atoms with E-state index in [4.69, 9.17) is 5.73 Å². The summed E-state index contributed by atoms with van der Waals surface area (Å²) in [5, 5.41) is 3.74.